The lowest BCUT2D eigenvalue weighted by atomic mass is 10.0. The summed E-state index contributed by atoms with van der Waals surface area (Å²) in [7, 11) is -4.14. The molecule has 4 aromatic carbocycles. The van der Waals surface area contributed by atoms with Crippen molar-refractivity contribution in [3.05, 3.63) is 131 Å². The molecular formula is C35H38ClN3O4S. The van der Waals surface area contributed by atoms with Crippen LogP contribution in [0.15, 0.2) is 114 Å². The minimum Gasteiger partial charge on any atom is -0.350 e. The Bertz CT molecular complexity index is 1670. The van der Waals surface area contributed by atoms with Crippen molar-refractivity contribution in [2.45, 2.75) is 57.1 Å². The fourth-order valence-corrected chi connectivity index (χ4v) is 6.38. The summed E-state index contributed by atoms with van der Waals surface area (Å²) in [5, 5.41) is 3.57. The van der Waals surface area contributed by atoms with E-state index in [2.05, 4.69) is 5.32 Å². The molecule has 0 aliphatic carbocycles. The zero-order valence-electron chi connectivity index (χ0n) is 25.4. The summed E-state index contributed by atoms with van der Waals surface area (Å²) in [5.74, 6) is -0.859. The molecule has 9 heteroatoms. The number of benzene rings is 4. The smallest absolute Gasteiger partial charge is 0.264 e. The Hall–Kier alpha value is -4.14. The highest BCUT2D eigenvalue weighted by Crippen LogP contribution is 2.26. The van der Waals surface area contributed by atoms with Gasteiger partial charge in [-0.2, -0.15) is 0 Å². The predicted molar refractivity (Wildman–Crippen MR) is 176 cm³/mol. The summed E-state index contributed by atoms with van der Waals surface area (Å²) in [4.78, 5) is 29.9. The van der Waals surface area contributed by atoms with E-state index in [-0.39, 0.29) is 23.8 Å². The average Bonchev–Trinajstić information content (AvgIpc) is 2.98. The third-order valence-electron chi connectivity index (χ3n) is 6.94. The van der Waals surface area contributed by atoms with Crippen LogP contribution in [-0.2, 0) is 32.6 Å². The first-order valence-corrected chi connectivity index (χ1v) is 16.2. The highest BCUT2D eigenvalue weighted by atomic mass is 35.5. The number of hydrogen-bond donors (Lipinski definition) is 1. The van der Waals surface area contributed by atoms with Crippen LogP contribution in [0, 0.1) is 6.92 Å². The molecular weight excluding hydrogens is 594 g/mol. The SMILES string of the molecule is Cc1cccc(N(CC(=O)N(Cc2ccc(Cl)cc2)[C@@H](Cc2ccccc2)C(=O)NC(C)(C)C)S(=O)(=O)c2ccccc2)c1. The molecule has 0 saturated carbocycles. The van der Waals surface area contributed by atoms with Crippen molar-refractivity contribution in [1.29, 1.82) is 0 Å². The molecule has 1 N–H and O–H groups in total. The molecule has 0 aromatic heterocycles. The normalized spacial score (nSPS) is 12.3. The van der Waals surface area contributed by atoms with Gasteiger partial charge in [0.2, 0.25) is 11.8 Å². The standard InChI is InChI=1S/C35H38ClN3O4S/c1-26-12-11-15-30(22-26)39(44(42,43)31-16-9-6-10-17-31)25-33(40)38(24-28-18-20-29(36)21-19-28)32(34(41)37-35(2,3)4)23-27-13-7-5-8-14-27/h5-22,32H,23-25H2,1-4H3,(H,37,41)/t32-/m0/s1. The monoisotopic (exact) mass is 631 g/mol. The predicted octanol–water partition coefficient (Wildman–Crippen LogP) is 6.40. The number of hydrogen-bond acceptors (Lipinski definition) is 4. The van der Waals surface area contributed by atoms with E-state index >= 15 is 0 Å². The lowest BCUT2D eigenvalue weighted by Gasteiger charge is -2.35. The minimum absolute atomic E-state index is 0.0601. The topological polar surface area (TPSA) is 86.8 Å². The van der Waals surface area contributed by atoms with Crippen LogP contribution < -0.4 is 9.62 Å². The number of nitrogens with one attached hydrogen (secondary N) is 1. The lowest BCUT2D eigenvalue weighted by molar-refractivity contribution is -0.140. The summed E-state index contributed by atoms with van der Waals surface area (Å²) in [5.41, 5.74) is 2.24. The summed E-state index contributed by atoms with van der Waals surface area (Å²) < 4.78 is 29.2. The van der Waals surface area contributed by atoms with Crippen molar-refractivity contribution in [1.82, 2.24) is 10.2 Å². The zero-order chi connectivity index (χ0) is 31.9. The van der Waals surface area contributed by atoms with Gasteiger partial charge in [-0.15, -0.1) is 0 Å². The molecule has 0 radical (unpaired) electrons. The molecule has 4 rings (SSSR count). The lowest BCUT2D eigenvalue weighted by Crippen LogP contribution is -2.56. The Morgan fingerprint density at radius 3 is 2.02 bits per heavy atom. The quantitative estimate of drug-likeness (QED) is 0.208. The summed E-state index contributed by atoms with van der Waals surface area (Å²) >= 11 is 6.14. The molecule has 0 aliphatic rings. The van der Waals surface area contributed by atoms with Crippen LogP contribution in [0.1, 0.15) is 37.5 Å². The minimum atomic E-state index is -4.14. The largest absolute Gasteiger partial charge is 0.350 e. The van der Waals surface area contributed by atoms with E-state index < -0.39 is 34.1 Å². The number of rotatable bonds is 11. The Labute approximate surface area is 265 Å². The Morgan fingerprint density at radius 2 is 1.43 bits per heavy atom. The second-order valence-electron chi connectivity index (χ2n) is 11.8. The van der Waals surface area contributed by atoms with Crippen molar-refractivity contribution in [3.63, 3.8) is 0 Å². The molecule has 0 fully saturated rings. The molecule has 230 valence electrons. The van der Waals surface area contributed by atoms with Crippen LogP contribution in [-0.4, -0.2) is 43.3 Å². The van der Waals surface area contributed by atoms with E-state index in [1.165, 1.54) is 17.0 Å². The van der Waals surface area contributed by atoms with Gasteiger partial charge in [-0.05, 0) is 80.8 Å². The second kappa shape index (κ2) is 14.1. The van der Waals surface area contributed by atoms with Crippen LogP contribution in [0.3, 0.4) is 0 Å². The van der Waals surface area contributed by atoms with Crippen LogP contribution in [0.2, 0.25) is 5.02 Å². The molecule has 0 heterocycles. The van der Waals surface area contributed by atoms with Crippen LogP contribution >= 0.6 is 11.6 Å². The maximum Gasteiger partial charge on any atom is 0.264 e. The van der Waals surface area contributed by atoms with Crippen LogP contribution in [0.5, 0.6) is 0 Å². The first-order chi connectivity index (χ1) is 20.8. The Balaban J connectivity index is 1.81. The average molecular weight is 632 g/mol. The van der Waals surface area contributed by atoms with Crippen molar-refractivity contribution >= 4 is 39.1 Å². The molecule has 2 amide bonds. The van der Waals surface area contributed by atoms with Gasteiger partial charge in [-0.1, -0.05) is 84.4 Å². The number of carbonyl (C=O) groups is 2. The first-order valence-electron chi connectivity index (χ1n) is 14.4. The van der Waals surface area contributed by atoms with Gasteiger partial charge < -0.3 is 10.2 Å². The first kappa shape index (κ1) is 32.8. The fraction of sp³-hybridized carbons (Fsp3) is 0.257. The highest BCUT2D eigenvalue weighted by Gasteiger charge is 2.35. The van der Waals surface area contributed by atoms with Crippen molar-refractivity contribution in [2.75, 3.05) is 10.8 Å². The number of sulfonamides is 1. The van der Waals surface area contributed by atoms with Crippen molar-refractivity contribution < 1.29 is 18.0 Å². The molecule has 7 nitrogen and oxygen atoms in total. The molecule has 44 heavy (non-hydrogen) atoms. The molecule has 1 atom stereocenters. The summed E-state index contributed by atoms with van der Waals surface area (Å²) in [6, 6.07) is 30.6. The second-order valence-corrected chi connectivity index (χ2v) is 14.1. The molecule has 0 saturated heterocycles. The van der Waals surface area contributed by atoms with E-state index in [1.807, 2.05) is 64.1 Å². The number of aryl methyl sites for hydroxylation is 1. The van der Waals surface area contributed by atoms with Crippen molar-refractivity contribution in [3.8, 4) is 0 Å². The van der Waals surface area contributed by atoms with Crippen molar-refractivity contribution in [2.24, 2.45) is 0 Å². The molecule has 4 aromatic rings. The fourth-order valence-electron chi connectivity index (χ4n) is 4.82. The van der Waals surface area contributed by atoms with Gasteiger partial charge in [0, 0.05) is 23.5 Å². The zero-order valence-corrected chi connectivity index (χ0v) is 27.0. The number of anilines is 1. The van der Waals surface area contributed by atoms with E-state index in [4.69, 9.17) is 11.6 Å². The van der Waals surface area contributed by atoms with E-state index in [9.17, 15) is 18.0 Å². The highest BCUT2D eigenvalue weighted by molar-refractivity contribution is 7.92. The van der Waals surface area contributed by atoms with Gasteiger partial charge >= 0.3 is 0 Å². The Morgan fingerprint density at radius 1 is 0.818 bits per heavy atom. The summed E-state index contributed by atoms with van der Waals surface area (Å²) in [6.07, 6.45) is 0.234. The molecule has 0 spiro atoms. The van der Waals surface area contributed by atoms with Crippen LogP contribution in [0.25, 0.3) is 0 Å². The third kappa shape index (κ3) is 8.71. The van der Waals surface area contributed by atoms with Gasteiger partial charge in [-0.25, -0.2) is 8.42 Å². The molecule has 0 aliphatic heterocycles. The number of nitrogens with zero attached hydrogens (tertiary/aromatic N) is 2. The third-order valence-corrected chi connectivity index (χ3v) is 8.98. The van der Waals surface area contributed by atoms with Crippen LogP contribution in [0.4, 0.5) is 5.69 Å². The summed E-state index contributed by atoms with van der Waals surface area (Å²) in [6.45, 7) is 7.05. The van der Waals surface area contributed by atoms with E-state index in [0.29, 0.717) is 10.7 Å². The van der Waals surface area contributed by atoms with Gasteiger partial charge in [0.1, 0.15) is 12.6 Å². The van der Waals surface area contributed by atoms with Gasteiger partial charge in [0.15, 0.2) is 0 Å². The maximum absolute atomic E-state index is 14.5. The van der Waals surface area contributed by atoms with E-state index in [0.717, 1.165) is 21.0 Å². The van der Waals surface area contributed by atoms with Gasteiger partial charge in [0.05, 0.1) is 10.6 Å². The molecule has 0 bridgehead atoms. The maximum atomic E-state index is 14.5. The number of carbonyl (C=O) groups excluding carboxylic acids is 2. The van der Waals surface area contributed by atoms with Gasteiger partial charge in [0.25, 0.3) is 10.0 Å². The molecule has 0 unspecified atom stereocenters. The number of amides is 2. The number of halogens is 1. The Kier molecular flexibility index (Phi) is 10.5. The van der Waals surface area contributed by atoms with Gasteiger partial charge in [-0.3, -0.25) is 13.9 Å². The van der Waals surface area contributed by atoms with E-state index in [1.54, 1.807) is 60.7 Å².